The van der Waals surface area contributed by atoms with Crippen LogP contribution < -0.4 is 15.0 Å². The summed E-state index contributed by atoms with van der Waals surface area (Å²) in [5.41, 5.74) is 2.30. The van der Waals surface area contributed by atoms with E-state index in [4.69, 9.17) is 9.47 Å². The molecule has 0 fully saturated rings. The number of para-hydroxylation sites is 2. The highest BCUT2D eigenvalue weighted by molar-refractivity contribution is 7.99. The molecule has 1 N–H and O–H groups in total. The lowest BCUT2D eigenvalue weighted by Gasteiger charge is -2.22. The molecule has 1 aliphatic rings. The number of benzene rings is 3. The normalized spacial score (nSPS) is 15.1. The zero-order chi connectivity index (χ0) is 24.8. The molecule has 180 valence electrons. The first kappa shape index (κ1) is 24.3. The molecule has 4 rings (SSSR count). The summed E-state index contributed by atoms with van der Waals surface area (Å²) in [6, 6.07) is 21.9. The second-order valence-electron chi connectivity index (χ2n) is 7.85. The standard InChI is InChI=1S/C27H26N2O5S/c1-3-34-27(32)20-8-4-5-9-21(20)28-25(30)17-29-22-10-6-7-11-23(22)35-24(16-26(29)31)18-12-14-19(33-2)15-13-18/h4-15,24H,3,16-17H2,1-2H3,(H,28,30)/t24-/m0/s1. The molecule has 1 atom stereocenters. The van der Waals surface area contributed by atoms with Gasteiger partial charge in [0.15, 0.2) is 0 Å². The summed E-state index contributed by atoms with van der Waals surface area (Å²) in [6.45, 7) is 1.77. The largest absolute Gasteiger partial charge is 0.497 e. The van der Waals surface area contributed by atoms with Crippen molar-refractivity contribution in [3.63, 3.8) is 0 Å². The highest BCUT2D eigenvalue weighted by atomic mass is 32.2. The number of ether oxygens (including phenoxy) is 2. The Morgan fingerprint density at radius 1 is 1.03 bits per heavy atom. The fourth-order valence-corrected chi connectivity index (χ4v) is 5.15. The third-order valence-corrected chi connectivity index (χ3v) is 6.89. The Bertz CT molecular complexity index is 1230. The number of fused-ring (bicyclic) bond motifs is 1. The molecule has 8 heteroatoms. The smallest absolute Gasteiger partial charge is 0.340 e. The third-order valence-electron chi connectivity index (χ3n) is 5.57. The van der Waals surface area contributed by atoms with Crippen molar-refractivity contribution >= 4 is 40.9 Å². The number of methoxy groups -OCH3 is 1. The van der Waals surface area contributed by atoms with E-state index in [0.717, 1.165) is 16.2 Å². The van der Waals surface area contributed by atoms with Crippen LogP contribution in [0, 0.1) is 0 Å². The number of nitrogens with one attached hydrogen (secondary N) is 1. The van der Waals surface area contributed by atoms with E-state index >= 15 is 0 Å². The van der Waals surface area contributed by atoms with Crippen LogP contribution >= 0.6 is 11.8 Å². The lowest BCUT2D eigenvalue weighted by atomic mass is 10.1. The number of hydrogen-bond acceptors (Lipinski definition) is 6. The third kappa shape index (κ3) is 5.66. The van der Waals surface area contributed by atoms with Crippen molar-refractivity contribution in [2.24, 2.45) is 0 Å². The van der Waals surface area contributed by atoms with Crippen LogP contribution in [-0.4, -0.2) is 38.0 Å². The van der Waals surface area contributed by atoms with E-state index in [1.807, 2.05) is 48.5 Å². The van der Waals surface area contributed by atoms with Gasteiger partial charge in [-0.3, -0.25) is 9.59 Å². The quantitative estimate of drug-likeness (QED) is 0.465. The maximum Gasteiger partial charge on any atom is 0.340 e. The van der Waals surface area contributed by atoms with Gasteiger partial charge in [-0.15, -0.1) is 11.8 Å². The van der Waals surface area contributed by atoms with Gasteiger partial charge >= 0.3 is 5.97 Å². The van der Waals surface area contributed by atoms with Crippen LogP contribution in [-0.2, 0) is 14.3 Å². The molecule has 3 aromatic carbocycles. The molecule has 0 spiro atoms. The molecule has 0 aliphatic carbocycles. The number of nitrogens with zero attached hydrogens (tertiary/aromatic N) is 1. The minimum atomic E-state index is -0.515. The van der Waals surface area contributed by atoms with E-state index in [2.05, 4.69) is 5.32 Å². The molecule has 7 nitrogen and oxygen atoms in total. The second-order valence-corrected chi connectivity index (χ2v) is 9.09. The second kappa shape index (κ2) is 11.1. The first-order valence-corrected chi connectivity index (χ1v) is 12.1. The summed E-state index contributed by atoms with van der Waals surface area (Å²) in [5.74, 6) is -0.325. The minimum Gasteiger partial charge on any atom is -0.497 e. The molecule has 0 aromatic heterocycles. The number of amides is 2. The molecule has 0 saturated heterocycles. The van der Waals surface area contributed by atoms with Gasteiger partial charge in [0.1, 0.15) is 12.3 Å². The number of anilines is 2. The minimum absolute atomic E-state index is 0.104. The number of carbonyl (C=O) groups is 3. The lowest BCUT2D eigenvalue weighted by Crippen LogP contribution is -2.38. The summed E-state index contributed by atoms with van der Waals surface area (Å²) in [5, 5.41) is 2.67. The van der Waals surface area contributed by atoms with Gasteiger partial charge in [0.25, 0.3) is 0 Å². The van der Waals surface area contributed by atoms with Crippen LogP contribution in [0.1, 0.15) is 34.5 Å². The van der Waals surface area contributed by atoms with Crippen LogP contribution in [0.2, 0.25) is 0 Å². The van der Waals surface area contributed by atoms with Gasteiger partial charge < -0.3 is 19.7 Å². The maximum atomic E-state index is 13.4. The van der Waals surface area contributed by atoms with Crippen molar-refractivity contribution in [2.45, 2.75) is 23.5 Å². The number of thioether (sulfide) groups is 1. The number of hydrogen-bond donors (Lipinski definition) is 1. The fourth-order valence-electron chi connectivity index (χ4n) is 3.87. The Balaban J connectivity index is 1.56. The summed E-state index contributed by atoms with van der Waals surface area (Å²) in [7, 11) is 1.61. The van der Waals surface area contributed by atoms with E-state index in [0.29, 0.717) is 11.4 Å². The average molecular weight is 491 g/mol. The molecule has 1 heterocycles. The summed E-state index contributed by atoms with van der Waals surface area (Å²) < 4.78 is 10.3. The predicted molar refractivity (Wildman–Crippen MR) is 136 cm³/mol. The van der Waals surface area contributed by atoms with Gasteiger partial charge in [-0.1, -0.05) is 36.4 Å². The fraction of sp³-hybridized carbons (Fsp3) is 0.222. The highest BCUT2D eigenvalue weighted by Crippen LogP contribution is 2.45. The molecular formula is C27H26N2O5S. The van der Waals surface area contributed by atoms with Gasteiger partial charge in [-0.25, -0.2) is 4.79 Å². The van der Waals surface area contributed by atoms with Crippen LogP contribution in [0.3, 0.4) is 0 Å². The highest BCUT2D eigenvalue weighted by Gasteiger charge is 2.30. The van der Waals surface area contributed by atoms with Crippen LogP contribution in [0.25, 0.3) is 0 Å². The Hall–Kier alpha value is -3.78. The van der Waals surface area contributed by atoms with Gasteiger partial charge in [-0.05, 0) is 48.9 Å². The Labute approximate surface area is 208 Å². The molecule has 3 aromatic rings. The molecular weight excluding hydrogens is 464 g/mol. The Morgan fingerprint density at radius 3 is 2.49 bits per heavy atom. The average Bonchev–Trinajstić information content (AvgIpc) is 3.01. The molecule has 0 bridgehead atoms. The SMILES string of the molecule is CCOC(=O)c1ccccc1NC(=O)CN1C(=O)C[C@@H](c2ccc(OC)cc2)Sc2ccccc21. The summed E-state index contributed by atoms with van der Waals surface area (Å²) >= 11 is 1.60. The van der Waals surface area contributed by atoms with E-state index in [1.54, 1.807) is 50.1 Å². The topological polar surface area (TPSA) is 84.9 Å². The molecule has 1 aliphatic heterocycles. The number of esters is 1. The van der Waals surface area contributed by atoms with Gasteiger partial charge in [-0.2, -0.15) is 0 Å². The first-order chi connectivity index (χ1) is 17.0. The van der Waals surface area contributed by atoms with Crippen molar-refractivity contribution < 1.29 is 23.9 Å². The molecule has 0 radical (unpaired) electrons. The Kier molecular flexibility index (Phi) is 7.72. The maximum absolute atomic E-state index is 13.4. The van der Waals surface area contributed by atoms with Crippen molar-refractivity contribution in [1.29, 1.82) is 0 Å². The zero-order valence-electron chi connectivity index (χ0n) is 19.5. The first-order valence-electron chi connectivity index (χ1n) is 11.3. The van der Waals surface area contributed by atoms with Crippen molar-refractivity contribution in [3.05, 3.63) is 83.9 Å². The number of carbonyl (C=O) groups excluding carboxylic acids is 3. The van der Waals surface area contributed by atoms with Gasteiger partial charge in [0.2, 0.25) is 11.8 Å². The van der Waals surface area contributed by atoms with Crippen LogP contribution in [0.5, 0.6) is 5.75 Å². The van der Waals surface area contributed by atoms with Crippen molar-refractivity contribution in [2.75, 3.05) is 30.5 Å². The number of rotatable bonds is 7. The molecule has 2 amide bonds. The van der Waals surface area contributed by atoms with Gasteiger partial charge in [0.05, 0.1) is 30.7 Å². The zero-order valence-corrected chi connectivity index (χ0v) is 20.3. The van der Waals surface area contributed by atoms with E-state index in [1.165, 1.54) is 4.90 Å². The summed E-state index contributed by atoms with van der Waals surface area (Å²) in [6.07, 6.45) is 0.234. The Morgan fingerprint density at radius 2 is 1.74 bits per heavy atom. The monoisotopic (exact) mass is 490 g/mol. The molecule has 0 unspecified atom stereocenters. The van der Waals surface area contributed by atoms with Crippen molar-refractivity contribution in [3.8, 4) is 5.75 Å². The summed E-state index contributed by atoms with van der Waals surface area (Å²) in [4.78, 5) is 41.1. The van der Waals surface area contributed by atoms with E-state index in [-0.39, 0.29) is 36.3 Å². The molecule has 0 saturated carbocycles. The van der Waals surface area contributed by atoms with Crippen LogP contribution in [0.4, 0.5) is 11.4 Å². The predicted octanol–water partition coefficient (Wildman–Crippen LogP) is 5.08. The van der Waals surface area contributed by atoms with Gasteiger partial charge in [0, 0.05) is 16.6 Å². The van der Waals surface area contributed by atoms with E-state index in [9.17, 15) is 14.4 Å². The van der Waals surface area contributed by atoms with Crippen molar-refractivity contribution in [1.82, 2.24) is 0 Å². The van der Waals surface area contributed by atoms with Crippen LogP contribution in [0.15, 0.2) is 77.7 Å². The lowest BCUT2D eigenvalue weighted by molar-refractivity contribution is -0.121. The van der Waals surface area contributed by atoms with E-state index < -0.39 is 11.9 Å². The molecule has 35 heavy (non-hydrogen) atoms.